The Kier molecular flexibility index (Phi) is 5.22. The first-order valence-corrected chi connectivity index (χ1v) is 7.84. The molecule has 1 heterocycles. The van der Waals surface area contributed by atoms with Crippen molar-refractivity contribution in [1.29, 1.82) is 0 Å². The first kappa shape index (κ1) is 15.1. The van der Waals surface area contributed by atoms with Crippen LogP contribution in [0.15, 0.2) is 30.4 Å². The van der Waals surface area contributed by atoms with Crippen molar-refractivity contribution in [2.75, 3.05) is 18.0 Å². The highest BCUT2D eigenvalue weighted by atomic mass is 19.1. The van der Waals surface area contributed by atoms with Gasteiger partial charge in [-0.1, -0.05) is 38.1 Å². The van der Waals surface area contributed by atoms with Crippen LogP contribution in [-0.4, -0.2) is 13.1 Å². The van der Waals surface area contributed by atoms with E-state index < -0.39 is 0 Å². The molecule has 0 unspecified atom stereocenters. The number of hydrogen-bond acceptors (Lipinski definition) is 1. The number of piperidine rings is 1. The fourth-order valence-electron chi connectivity index (χ4n) is 3.01. The number of benzene rings is 1. The Morgan fingerprint density at radius 1 is 1.30 bits per heavy atom. The highest BCUT2D eigenvalue weighted by molar-refractivity contribution is 5.50. The Morgan fingerprint density at radius 3 is 2.60 bits per heavy atom. The molecule has 110 valence electrons. The van der Waals surface area contributed by atoms with E-state index in [0.717, 1.165) is 62.4 Å². The fraction of sp³-hybridized carbons (Fsp3) is 0.556. The van der Waals surface area contributed by atoms with Crippen molar-refractivity contribution in [2.24, 2.45) is 5.92 Å². The molecule has 2 heteroatoms. The molecule has 0 aromatic heterocycles. The molecule has 0 amide bonds. The molecule has 0 atom stereocenters. The van der Waals surface area contributed by atoms with E-state index in [0.29, 0.717) is 0 Å². The van der Waals surface area contributed by atoms with Crippen molar-refractivity contribution in [3.05, 3.63) is 41.7 Å². The molecule has 1 nitrogen and oxygen atoms in total. The molecule has 20 heavy (non-hydrogen) atoms. The van der Waals surface area contributed by atoms with Crippen molar-refractivity contribution < 1.29 is 4.39 Å². The molecule has 1 aromatic rings. The van der Waals surface area contributed by atoms with Gasteiger partial charge in [-0.15, -0.1) is 0 Å². The highest BCUT2D eigenvalue weighted by Gasteiger charge is 2.22. The zero-order valence-electron chi connectivity index (χ0n) is 12.8. The van der Waals surface area contributed by atoms with Crippen LogP contribution in [0.1, 0.15) is 45.1 Å². The third-order valence-electron chi connectivity index (χ3n) is 4.47. The normalized spacial score (nSPS) is 16.4. The summed E-state index contributed by atoms with van der Waals surface area (Å²) in [5.41, 5.74) is 2.96. The van der Waals surface area contributed by atoms with Gasteiger partial charge in [-0.3, -0.25) is 0 Å². The van der Waals surface area contributed by atoms with Crippen LogP contribution in [-0.2, 0) is 6.42 Å². The number of rotatable bonds is 5. The minimum Gasteiger partial charge on any atom is -0.369 e. The van der Waals surface area contributed by atoms with Gasteiger partial charge in [-0.05, 0) is 49.7 Å². The van der Waals surface area contributed by atoms with Gasteiger partial charge in [0.25, 0.3) is 0 Å². The maximum atomic E-state index is 14.4. The molecule has 1 aliphatic heterocycles. The van der Waals surface area contributed by atoms with Gasteiger partial charge in [0.15, 0.2) is 0 Å². The van der Waals surface area contributed by atoms with Gasteiger partial charge in [-0.2, -0.15) is 0 Å². The van der Waals surface area contributed by atoms with Crippen molar-refractivity contribution in [2.45, 2.75) is 46.0 Å². The molecule has 0 bridgehead atoms. The van der Waals surface area contributed by atoms with Crippen LogP contribution in [0.4, 0.5) is 10.1 Å². The lowest BCUT2D eigenvalue weighted by Gasteiger charge is -2.34. The second kappa shape index (κ2) is 6.92. The third-order valence-corrected chi connectivity index (χ3v) is 4.47. The molecule has 1 fully saturated rings. The fourth-order valence-corrected chi connectivity index (χ4v) is 3.01. The predicted octanol–water partition coefficient (Wildman–Crippen LogP) is 4.96. The molecule has 0 saturated carbocycles. The number of aryl methyl sites for hydroxylation is 1. The molecular weight excluding hydrogens is 249 g/mol. The Morgan fingerprint density at radius 2 is 2.00 bits per heavy atom. The first-order chi connectivity index (χ1) is 9.65. The number of anilines is 1. The number of hydrogen-bond donors (Lipinski definition) is 0. The number of nitrogens with zero attached hydrogens (tertiary/aromatic N) is 1. The Balaban J connectivity index is 1.99. The quantitative estimate of drug-likeness (QED) is 0.686. The van der Waals surface area contributed by atoms with Gasteiger partial charge < -0.3 is 4.90 Å². The van der Waals surface area contributed by atoms with Crippen LogP contribution in [0.5, 0.6) is 0 Å². The topological polar surface area (TPSA) is 3.24 Å². The van der Waals surface area contributed by atoms with E-state index in [1.165, 1.54) is 5.57 Å². The maximum Gasteiger partial charge on any atom is 0.149 e. The van der Waals surface area contributed by atoms with Crippen molar-refractivity contribution in [3.8, 4) is 0 Å². The minimum absolute atomic E-state index is 0.0218. The monoisotopic (exact) mass is 275 g/mol. The van der Waals surface area contributed by atoms with Gasteiger partial charge in [0, 0.05) is 13.1 Å². The average molecular weight is 275 g/mol. The average Bonchev–Trinajstić information content (AvgIpc) is 2.48. The van der Waals surface area contributed by atoms with Gasteiger partial charge in [0.2, 0.25) is 0 Å². The standard InChI is InChI=1S/C18H26FN/c1-4-14(3)13-15-9-11-20(12-10-15)17-8-6-7-16(5-2)18(17)19/h6-8,15H,3-5,9-13H2,1-2H3. The molecule has 0 aliphatic carbocycles. The zero-order chi connectivity index (χ0) is 14.5. The summed E-state index contributed by atoms with van der Waals surface area (Å²) in [6.45, 7) is 10.2. The Bertz CT molecular complexity index is 458. The van der Waals surface area contributed by atoms with Gasteiger partial charge in [0.05, 0.1) is 5.69 Å². The van der Waals surface area contributed by atoms with Crippen molar-refractivity contribution in [3.63, 3.8) is 0 Å². The van der Waals surface area contributed by atoms with Crippen LogP contribution in [0.25, 0.3) is 0 Å². The smallest absolute Gasteiger partial charge is 0.149 e. The van der Waals surface area contributed by atoms with Crippen LogP contribution in [0.3, 0.4) is 0 Å². The molecule has 1 saturated heterocycles. The summed E-state index contributed by atoms with van der Waals surface area (Å²) < 4.78 is 14.4. The second-order valence-electron chi connectivity index (χ2n) is 5.84. The van der Waals surface area contributed by atoms with E-state index in [2.05, 4.69) is 18.4 Å². The van der Waals surface area contributed by atoms with Gasteiger partial charge in [0.1, 0.15) is 5.82 Å². The predicted molar refractivity (Wildman–Crippen MR) is 84.8 cm³/mol. The summed E-state index contributed by atoms with van der Waals surface area (Å²) in [5.74, 6) is 0.711. The van der Waals surface area contributed by atoms with Crippen LogP contribution in [0, 0.1) is 11.7 Å². The van der Waals surface area contributed by atoms with Crippen LogP contribution >= 0.6 is 0 Å². The van der Waals surface area contributed by atoms with E-state index >= 15 is 0 Å². The zero-order valence-corrected chi connectivity index (χ0v) is 12.8. The highest BCUT2D eigenvalue weighted by Crippen LogP contribution is 2.30. The number of halogens is 1. The van der Waals surface area contributed by atoms with Crippen LogP contribution in [0.2, 0.25) is 0 Å². The Hall–Kier alpha value is -1.31. The lowest BCUT2D eigenvalue weighted by Crippen LogP contribution is -2.34. The molecular formula is C18H26FN. The van der Waals surface area contributed by atoms with Gasteiger partial charge >= 0.3 is 0 Å². The summed E-state index contributed by atoms with van der Waals surface area (Å²) in [6, 6.07) is 5.78. The molecule has 0 N–H and O–H groups in total. The maximum absolute atomic E-state index is 14.4. The lowest BCUT2D eigenvalue weighted by atomic mass is 9.89. The summed E-state index contributed by atoms with van der Waals surface area (Å²) in [7, 11) is 0. The van der Waals surface area contributed by atoms with Crippen molar-refractivity contribution in [1.82, 2.24) is 0 Å². The van der Waals surface area contributed by atoms with E-state index in [1.807, 2.05) is 25.1 Å². The molecule has 2 rings (SSSR count). The molecule has 0 spiro atoms. The van der Waals surface area contributed by atoms with Gasteiger partial charge in [-0.25, -0.2) is 4.39 Å². The molecule has 1 aliphatic rings. The lowest BCUT2D eigenvalue weighted by molar-refractivity contribution is 0.398. The second-order valence-corrected chi connectivity index (χ2v) is 5.84. The SMILES string of the molecule is C=C(CC)CC1CCN(c2cccc(CC)c2F)CC1. The number of allylic oxidation sites excluding steroid dienone is 1. The summed E-state index contributed by atoms with van der Waals surface area (Å²) in [5, 5.41) is 0. The van der Waals surface area contributed by atoms with E-state index in [9.17, 15) is 4.39 Å². The van der Waals surface area contributed by atoms with Crippen LogP contribution < -0.4 is 4.90 Å². The largest absolute Gasteiger partial charge is 0.369 e. The van der Waals surface area contributed by atoms with E-state index in [4.69, 9.17) is 0 Å². The first-order valence-electron chi connectivity index (χ1n) is 7.84. The van der Waals surface area contributed by atoms with E-state index in [1.54, 1.807) is 0 Å². The van der Waals surface area contributed by atoms with E-state index in [-0.39, 0.29) is 5.82 Å². The summed E-state index contributed by atoms with van der Waals surface area (Å²) in [4.78, 5) is 2.21. The third kappa shape index (κ3) is 3.41. The summed E-state index contributed by atoms with van der Waals surface area (Å²) >= 11 is 0. The summed E-state index contributed by atoms with van der Waals surface area (Å²) in [6.07, 6.45) is 5.27. The Labute approximate surface area is 122 Å². The molecule has 0 radical (unpaired) electrons. The molecule has 1 aromatic carbocycles. The minimum atomic E-state index is -0.0218. The van der Waals surface area contributed by atoms with Crippen molar-refractivity contribution >= 4 is 5.69 Å².